The Kier molecular flexibility index (Phi) is 6.49. The summed E-state index contributed by atoms with van der Waals surface area (Å²) in [5.74, 6) is 1.07. The number of carbonyl (C=O) groups excluding carboxylic acids is 2. The van der Waals surface area contributed by atoms with Crippen molar-refractivity contribution in [3.63, 3.8) is 0 Å². The van der Waals surface area contributed by atoms with Crippen LogP contribution in [0.1, 0.15) is 65.4 Å². The zero-order valence-electron chi connectivity index (χ0n) is 26.1. The zero-order chi connectivity index (χ0) is 31.1. The second kappa shape index (κ2) is 9.76. The molecular formula is C35H40N4O4Se. The Morgan fingerprint density at radius 3 is 2.61 bits per heavy atom. The predicted molar refractivity (Wildman–Crippen MR) is 169 cm³/mol. The minimum absolute atomic E-state index is 0.0210. The number of fused-ring (bicyclic) bond motifs is 6. The van der Waals surface area contributed by atoms with Crippen LogP contribution in [0.15, 0.2) is 54.8 Å². The number of anilines is 1. The summed E-state index contributed by atoms with van der Waals surface area (Å²) in [5.41, 5.74) is -1.94. The average molecular weight is 660 g/mol. The average Bonchev–Trinajstić information content (AvgIpc) is 3.31. The van der Waals surface area contributed by atoms with E-state index in [-0.39, 0.29) is 17.7 Å². The van der Waals surface area contributed by atoms with Crippen LogP contribution >= 0.6 is 0 Å². The zero-order valence-corrected chi connectivity index (χ0v) is 27.8. The maximum absolute atomic E-state index is 14.4. The van der Waals surface area contributed by atoms with Crippen molar-refractivity contribution in [2.45, 2.75) is 87.2 Å². The molecule has 0 radical (unpaired) electrons. The first kappa shape index (κ1) is 29.3. The number of nitrogens with zero attached hydrogens (tertiary/aromatic N) is 3. The van der Waals surface area contributed by atoms with Crippen molar-refractivity contribution in [1.29, 1.82) is 5.26 Å². The van der Waals surface area contributed by atoms with Crippen LogP contribution in [0.5, 0.6) is 11.5 Å². The van der Waals surface area contributed by atoms with Gasteiger partial charge in [0.2, 0.25) is 0 Å². The smallest absolute Gasteiger partial charge is 0.480 e. The van der Waals surface area contributed by atoms with Gasteiger partial charge in [-0.05, 0) is 19.9 Å². The van der Waals surface area contributed by atoms with Gasteiger partial charge in [-0.2, -0.15) is 0 Å². The number of piperidine rings is 2. The van der Waals surface area contributed by atoms with Gasteiger partial charge in [0.05, 0.1) is 6.26 Å². The Morgan fingerprint density at radius 2 is 1.86 bits per heavy atom. The first-order chi connectivity index (χ1) is 20.9. The molecule has 1 N–H and O–H groups in total. The molecule has 5 heterocycles. The van der Waals surface area contributed by atoms with E-state index in [9.17, 15) is 14.9 Å². The molecule has 44 heavy (non-hydrogen) atoms. The first-order valence-corrected chi connectivity index (χ1v) is 17.6. The number of unbranched alkanes of at least 4 members (excludes halogenated alkanes) is 1. The van der Waals surface area contributed by atoms with Gasteiger partial charge >= 0.3 is 220 Å². The summed E-state index contributed by atoms with van der Waals surface area (Å²) in [4.78, 5) is 32.4. The topological polar surface area (TPSA) is 94.9 Å². The second-order valence-electron chi connectivity index (χ2n) is 14.3. The van der Waals surface area contributed by atoms with Crippen molar-refractivity contribution in [3.05, 3.63) is 60.4 Å². The molecule has 0 unspecified atom stereocenters. The minimum Gasteiger partial charge on any atom is -0.480 e. The van der Waals surface area contributed by atoms with Crippen molar-refractivity contribution in [1.82, 2.24) is 9.80 Å². The van der Waals surface area contributed by atoms with E-state index in [1.807, 2.05) is 50.1 Å². The van der Waals surface area contributed by atoms with Gasteiger partial charge in [-0.15, -0.1) is 0 Å². The Balaban J connectivity index is 1.22. The number of hydrogen-bond donors (Lipinski definition) is 1. The van der Waals surface area contributed by atoms with Crippen molar-refractivity contribution in [2.75, 3.05) is 18.9 Å². The first-order valence-electron chi connectivity index (χ1n) is 15.6. The molecule has 2 spiro atoms. The van der Waals surface area contributed by atoms with Crippen molar-refractivity contribution >= 4 is 36.9 Å². The molecule has 5 aliphatic heterocycles. The van der Waals surface area contributed by atoms with Crippen LogP contribution in [0.3, 0.4) is 0 Å². The number of nitriles is 1. The molecule has 2 aromatic carbocycles. The molecule has 6 aliphatic rings. The van der Waals surface area contributed by atoms with Gasteiger partial charge in [0, 0.05) is 0 Å². The van der Waals surface area contributed by atoms with Gasteiger partial charge in [-0.25, -0.2) is 0 Å². The minimum atomic E-state index is -0.898. The molecule has 9 heteroatoms. The molecule has 4 atom stereocenters. The fourth-order valence-corrected chi connectivity index (χ4v) is 11.1. The molecule has 2 bridgehead atoms. The number of nitrogens with one attached hydrogen (secondary N) is 1. The monoisotopic (exact) mass is 660 g/mol. The standard InChI is InChI=1S/C35H40N4O4Se/c1-31(2)16-17-42-28-25(43-31)14-13-24-27(28)37-29(40)35(24)20-34-21-39(22-36)33(30(41)38(34)5,19-26(34)32(35,3)4)15-9-10-18-44-23-11-7-6-8-12-23/h6-8,11-14,16-17,26H,9-10,15,18-21H2,1-5H3,(H,37,40)/t26-,33-,34+,35+/m0/s1. The Morgan fingerprint density at radius 1 is 1.09 bits per heavy atom. The van der Waals surface area contributed by atoms with Gasteiger partial charge in [0.25, 0.3) is 0 Å². The van der Waals surface area contributed by atoms with Crippen LogP contribution in [0.25, 0.3) is 0 Å². The van der Waals surface area contributed by atoms with Crippen LogP contribution < -0.4 is 19.3 Å². The summed E-state index contributed by atoms with van der Waals surface area (Å²) in [7, 11) is 1.90. The van der Waals surface area contributed by atoms with Crippen LogP contribution in [0.4, 0.5) is 5.69 Å². The molecule has 0 aromatic heterocycles. The van der Waals surface area contributed by atoms with Crippen LogP contribution in [0, 0.1) is 22.8 Å². The second-order valence-corrected chi connectivity index (χ2v) is 16.7. The predicted octanol–water partition coefficient (Wildman–Crippen LogP) is 4.74. The molecule has 3 saturated heterocycles. The van der Waals surface area contributed by atoms with Crippen LogP contribution in [-0.2, 0) is 15.0 Å². The molecule has 8 nitrogen and oxygen atoms in total. The summed E-state index contributed by atoms with van der Waals surface area (Å²) < 4.78 is 13.7. The summed E-state index contributed by atoms with van der Waals surface area (Å²) in [6, 6.07) is 14.5. The molecule has 2 aromatic rings. The van der Waals surface area contributed by atoms with Gasteiger partial charge in [0.15, 0.2) is 5.75 Å². The van der Waals surface area contributed by atoms with E-state index >= 15 is 0 Å². The molecular weight excluding hydrogens is 619 g/mol. The fourth-order valence-electron chi connectivity index (χ4n) is 9.12. The number of hydrogen-bond acceptors (Lipinski definition) is 6. The summed E-state index contributed by atoms with van der Waals surface area (Å²) in [6.45, 7) is 8.75. The molecule has 1 saturated carbocycles. The molecule has 2 amide bonds. The third-order valence-corrected chi connectivity index (χ3v) is 13.7. The maximum atomic E-state index is 14.4. The van der Waals surface area contributed by atoms with E-state index in [1.54, 1.807) is 11.2 Å². The third-order valence-electron chi connectivity index (χ3n) is 11.4. The molecule has 4 fully saturated rings. The SMILES string of the molecule is CN1C(=O)[C@]2(CCCC[Se]c3ccccc3)C[C@H]3C(C)(C)[C@@]4(C[C@@]31CN2C#N)C(=O)Nc1c4ccc2c1OC=CC(C)(C)O2. The van der Waals surface area contributed by atoms with E-state index in [0.717, 1.165) is 23.7 Å². The number of carbonyl (C=O) groups is 2. The fraction of sp³-hybridized carbons (Fsp3) is 0.514. The molecule has 8 rings (SSSR count). The van der Waals surface area contributed by atoms with Gasteiger partial charge < -0.3 is 9.47 Å². The van der Waals surface area contributed by atoms with E-state index in [0.29, 0.717) is 58.0 Å². The van der Waals surface area contributed by atoms with E-state index in [2.05, 4.69) is 49.6 Å². The van der Waals surface area contributed by atoms with Gasteiger partial charge in [-0.3, -0.25) is 0 Å². The van der Waals surface area contributed by atoms with Crippen LogP contribution in [0.2, 0.25) is 5.32 Å². The number of rotatable bonds is 6. The summed E-state index contributed by atoms with van der Waals surface area (Å²) in [5, 5.41) is 14.7. The number of ether oxygens (including phenoxy) is 2. The Bertz CT molecular complexity index is 1620. The van der Waals surface area contributed by atoms with E-state index in [1.165, 1.54) is 4.46 Å². The van der Waals surface area contributed by atoms with Gasteiger partial charge in [0.1, 0.15) is 5.60 Å². The Labute approximate surface area is 265 Å². The normalized spacial score (nSPS) is 31.9. The number of likely N-dealkylation sites (N-methyl/N-ethyl adjacent to an activating group) is 1. The number of benzene rings is 2. The quantitative estimate of drug-likeness (QED) is 0.274. The van der Waals surface area contributed by atoms with Crippen molar-refractivity contribution in [3.8, 4) is 17.7 Å². The molecule has 1 aliphatic carbocycles. The van der Waals surface area contributed by atoms with Gasteiger partial charge in [-0.1, -0.05) is 0 Å². The summed E-state index contributed by atoms with van der Waals surface area (Å²) in [6.07, 6.45) is 9.50. The van der Waals surface area contributed by atoms with Crippen molar-refractivity contribution < 1.29 is 19.1 Å². The number of amides is 2. The van der Waals surface area contributed by atoms with E-state index < -0.39 is 27.5 Å². The summed E-state index contributed by atoms with van der Waals surface area (Å²) >= 11 is 0.393. The molecule has 230 valence electrons. The third kappa shape index (κ3) is 3.80. The van der Waals surface area contributed by atoms with Crippen LogP contribution in [-0.4, -0.2) is 66.8 Å². The Hall–Kier alpha value is -3.47. The number of piperazine rings is 1. The van der Waals surface area contributed by atoms with E-state index in [4.69, 9.17) is 9.47 Å². The van der Waals surface area contributed by atoms with Crippen molar-refractivity contribution in [2.24, 2.45) is 11.3 Å².